The zero-order chi connectivity index (χ0) is 15.8. The van der Waals surface area contributed by atoms with Gasteiger partial charge in [0.15, 0.2) is 5.54 Å². The highest BCUT2D eigenvalue weighted by molar-refractivity contribution is 9.10. The molecule has 0 aliphatic heterocycles. The molecule has 0 unspecified atom stereocenters. The quantitative estimate of drug-likeness (QED) is 0.879. The number of hydrogen-bond acceptors (Lipinski definition) is 3. The van der Waals surface area contributed by atoms with Crippen LogP contribution in [0, 0.1) is 0 Å². The van der Waals surface area contributed by atoms with E-state index in [0.717, 1.165) is 4.47 Å². The fourth-order valence-corrected chi connectivity index (χ4v) is 2.26. The lowest BCUT2D eigenvalue weighted by molar-refractivity contribution is -0.146. The van der Waals surface area contributed by atoms with E-state index in [0.29, 0.717) is 11.4 Å². The van der Waals surface area contributed by atoms with Gasteiger partial charge >= 0.3 is 5.97 Å². The van der Waals surface area contributed by atoms with Gasteiger partial charge in [0.05, 0.1) is 11.9 Å². The number of amides is 1. The van der Waals surface area contributed by atoms with Crippen LogP contribution in [-0.4, -0.2) is 31.3 Å². The normalized spacial score (nSPS) is 11.4. The van der Waals surface area contributed by atoms with Crippen molar-refractivity contribution in [1.82, 2.24) is 14.3 Å². The molecular formula is C13H15BrN4O3. The molecule has 2 N–H and O–H groups in total. The number of halogens is 1. The van der Waals surface area contributed by atoms with Crippen LogP contribution in [0.5, 0.6) is 0 Å². The van der Waals surface area contributed by atoms with Crippen molar-refractivity contribution in [2.75, 3.05) is 5.32 Å². The van der Waals surface area contributed by atoms with Crippen molar-refractivity contribution in [2.45, 2.75) is 19.4 Å². The lowest BCUT2D eigenvalue weighted by Crippen LogP contribution is -2.35. The Morgan fingerprint density at radius 1 is 1.38 bits per heavy atom. The van der Waals surface area contributed by atoms with E-state index < -0.39 is 11.5 Å². The minimum absolute atomic E-state index is 0.295. The molecule has 2 heterocycles. The number of anilines is 1. The molecule has 0 aliphatic carbocycles. The smallest absolute Gasteiger partial charge is 0.331 e. The van der Waals surface area contributed by atoms with Gasteiger partial charge in [0.25, 0.3) is 5.91 Å². The van der Waals surface area contributed by atoms with Crippen LogP contribution >= 0.6 is 15.9 Å². The number of aromatic nitrogens is 3. The number of rotatable bonds is 4. The average molecular weight is 355 g/mol. The highest BCUT2D eigenvalue weighted by Gasteiger charge is 2.30. The number of aliphatic carboxylic acids is 1. The molecular weight excluding hydrogens is 340 g/mol. The van der Waals surface area contributed by atoms with Gasteiger partial charge in [-0.2, -0.15) is 5.10 Å². The largest absolute Gasteiger partial charge is 0.479 e. The van der Waals surface area contributed by atoms with Crippen molar-refractivity contribution in [1.29, 1.82) is 0 Å². The number of nitrogens with one attached hydrogen (secondary N) is 1. The average Bonchev–Trinajstić information content (AvgIpc) is 2.96. The highest BCUT2D eigenvalue weighted by atomic mass is 79.9. The standard InChI is InChI=1S/C13H15BrN4O3/c1-13(2,12(20)21)18-7-9(5-15-18)16-11(19)10-4-8(14)6-17(10)3/h4-7H,1-3H3,(H,16,19)(H,20,21). The summed E-state index contributed by atoms with van der Waals surface area (Å²) < 4.78 is 3.79. The van der Waals surface area contributed by atoms with Gasteiger partial charge in [-0.15, -0.1) is 0 Å². The Hall–Kier alpha value is -2.09. The summed E-state index contributed by atoms with van der Waals surface area (Å²) in [7, 11) is 1.76. The minimum atomic E-state index is -1.18. The van der Waals surface area contributed by atoms with Crippen molar-refractivity contribution in [2.24, 2.45) is 7.05 Å². The molecule has 0 radical (unpaired) electrons. The zero-order valence-electron chi connectivity index (χ0n) is 11.8. The molecule has 0 fully saturated rings. The van der Waals surface area contributed by atoms with Crippen LogP contribution < -0.4 is 5.32 Å². The molecule has 2 aromatic heterocycles. The van der Waals surface area contributed by atoms with Crippen molar-refractivity contribution in [3.8, 4) is 0 Å². The van der Waals surface area contributed by atoms with Gasteiger partial charge < -0.3 is 15.0 Å². The third-order valence-corrected chi connectivity index (χ3v) is 3.57. The second kappa shape index (κ2) is 5.36. The number of carboxylic acid groups (broad SMARTS) is 1. The van der Waals surface area contributed by atoms with Crippen LogP contribution in [0.1, 0.15) is 24.3 Å². The van der Waals surface area contributed by atoms with E-state index in [4.69, 9.17) is 5.11 Å². The molecule has 0 bridgehead atoms. The summed E-state index contributed by atoms with van der Waals surface area (Å²) in [5.74, 6) is -1.30. The van der Waals surface area contributed by atoms with Gasteiger partial charge in [-0.25, -0.2) is 4.79 Å². The monoisotopic (exact) mass is 354 g/mol. The fraction of sp³-hybridized carbons (Fsp3) is 0.308. The van der Waals surface area contributed by atoms with E-state index in [9.17, 15) is 9.59 Å². The van der Waals surface area contributed by atoms with Gasteiger partial charge in [0.1, 0.15) is 5.69 Å². The van der Waals surface area contributed by atoms with E-state index in [1.165, 1.54) is 30.9 Å². The van der Waals surface area contributed by atoms with Crippen LogP contribution in [0.25, 0.3) is 0 Å². The maximum Gasteiger partial charge on any atom is 0.331 e. The Kier molecular flexibility index (Phi) is 3.91. The maximum atomic E-state index is 12.1. The van der Waals surface area contributed by atoms with Gasteiger partial charge in [-0.1, -0.05) is 0 Å². The molecule has 0 atom stereocenters. The van der Waals surface area contributed by atoms with Gasteiger partial charge in [-0.3, -0.25) is 9.48 Å². The molecule has 2 rings (SSSR count). The summed E-state index contributed by atoms with van der Waals surface area (Å²) in [6.07, 6.45) is 4.68. The summed E-state index contributed by atoms with van der Waals surface area (Å²) in [4.78, 5) is 23.3. The summed E-state index contributed by atoms with van der Waals surface area (Å²) >= 11 is 3.30. The number of hydrogen-bond donors (Lipinski definition) is 2. The molecule has 7 nitrogen and oxygen atoms in total. The number of nitrogens with zero attached hydrogens (tertiary/aromatic N) is 3. The Morgan fingerprint density at radius 2 is 2.05 bits per heavy atom. The van der Waals surface area contributed by atoms with Gasteiger partial charge in [-0.05, 0) is 35.8 Å². The minimum Gasteiger partial charge on any atom is -0.479 e. The van der Waals surface area contributed by atoms with Crippen molar-refractivity contribution in [3.63, 3.8) is 0 Å². The third-order valence-electron chi connectivity index (χ3n) is 3.14. The molecule has 0 spiro atoms. The Bertz CT molecular complexity index is 702. The predicted molar refractivity (Wildman–Crippen MR) is 80.3 cm³/mol. The third kappa shape index (κ3) is 2.99. The molecule has 0 aliphatic rings. The van der Waals surface area contributed by atoms with Gasteiger partial charge in [0.2, 0.25) is 0 Å². The topological polar surface area (TPSA) is 89.2 Å². The molecule has 0 aromatic carbocycles. The first-order chi connectivity index (χ1) is 9.71. The Labute approximate surface area is 129 Å². The SMILES string of the molecule is Cn1cc(Br)cc1C(=O)Nc1cnn(C(C)(C)C(=O)O)c1. The fourth-order valence-electron chi connectivity index (χ4n) is 1.74. The van der Waals surface area contributed by atoms with Crippen molar-refractivity contribution >= 4 is 33.5 Å². The molecule has 21 heavy (non-hydrogen) atoms. The lowest BCUT2D eigenvalue weighted by atomic mass is 10.1. The summed E-state index contributed by atoms with van der Waals surface area (Å²) in [5.41, 5.74) is -0.268. The van der Waals surface area contributed by atoms with Crippen molar-refractivity contribution < 1.29 is 14.7 Å². The first kappa shape index (κ1) is 15.3. The molecule has 0 saturated carbocycles. The first-order valence-electron chi connectivity index (χ1n) is 6.13. The van der Waals surface area contributed by atoms with E-state index in [2.05, 4.69) is 26.3 Å². The van der Waals surface area contributed by atoms with E-state index in [1.54, 1.807) is 23.9 Å². The summed E-state index contributed by atoms with van der Waals surface area (Å²) in [6, 6.07) is 1.70. The predicted octanol–water partition coefficient (Wildman–Crippen LogP) is 2.06. The van der Waals surface area contributed by atoms with E-state index in [1.807, 2.05) is 0 Å². The Balaban J connectivity index is 2.18. The summed E-state index contributed by atoms with van der Waals surface area (Å²) in [6.45, 7) is 3.06. The molecule has 0 saturated heterocycles. The van der Waals surface area contributed by atoms with Crippen LogP contribution in [0.3, 0.4) is 0 Å². The first-order valence-corrected chi connectivity index (χ1v) is 6.93. The van der Waals surface area contributed by atoms with Crippen LogP contribution in [-0.2, 0) is 17.4 Å². The molecule has 2 aromatic rings. The highest BCUT2D eigenvalue weighted by Crippen LogP contribution is 2.19. The lowest BCUT2D eigenvalue weighted by Gasteiger charge is -2.19. The Morgan fingerprint density at radius 3 is 2.57 bits per heavy atom. The second-order valence-electron chi connectivity index (χ2n) is 5.15. The molecule has 8 heteroatoms. The van der Waals surface area contributed by atoms with Crippen molar-refractivity contribution in [3.05, 3.63) is 34.8 Å². The molecule has 1 amide bonds. The number of aryl methyl sites for hydroxylation is 1. The van der Waals surface area contributed by atoms with Crippen LogP contribution in [0.4, 0.5) is 5.69 Å². The maximum absolute atomic E-state index is 12.1. The number of carbonyl (C=O) groups is 2. The van der Waals surface area contributed by atoms with E-state index >= 15 is 0 Å². The van der Waals surface area contributed by atoms with Crippen LogP contribution in [0.15, 0.2) is 29.1 Å². The zero-order valence-corrected chi connectivity index (χ0v) is 13.4. The van der Waals surface area contributed by atoms with E-state index in [-0.39, 0.29) is 5.91 Å². The second-order valence-corrected chi connectivity index (χ2v) is 6.06. The van der Waals surface area contributed by atoms with Gasteiger partial charge in [0, 0.05) is 23.9 Å². The number of carboxylic acids is 1. The molecule has 112 valence electrons. The van der Waals surface area contributed by atoms with Crippen LogP contribution in [0.2, 0.25) is 0 Å². The summed E-state index contributed by atoms with van der Waals surface area (Å²) in [5, 5.41) is 15.8. The number of carbonyl (C=O) groups excluding carboxylic acids is 1.